The van der Waals surface area contributed by atoms with Gasteiger partial charge in [-0.3, -0.25) is 14.3 Å². The van der Waals surface area contributed by atoms with Gasteiger partial charge in [0.15, 0.2) is 5.01 Å². The Morgan fingerprint density at radius 1 is 1.19 bits per heavy atom. The molecule has 1 amide bonds. The summed E-state index contributed by atoms with van der Waals surface area (Å²) in [6.07, 6.45) is 3.37. The number of aryl methyl sites for hydroxylation is 2. The van der Waals surface area contributed by atoms with Crippen LogP contribution in [0.1, 0.15) is 27.3 Å². The van der Waals surface area contributed by atoms with Gasteiger partial charge in [0.05, 0.1) is 6.20 Å². The van der Waals surface area contributed by atoms with Gasteiger partial charge in [-0.25, -0.2) is 8.42 Å². The van der Waals surface area contributed by atoms with Gasteiger partial charge < -0.3 is 10.1 Å². The summed E-state index contributed by atoms with van der Waals surface area (Å²) in [5, 5.41) is 14.5. The number of sulfonamides is 1. The summed E-state index contributed by atoms with van der Waals surface area (Å²) in [4.78, 5) is 24.1. The fourth-order valence-corrected chi connectivity index (χ4v) is 3.98. The van der Waals surface area contributed by atoms with Crippen molar-refractivity contribution in [2.75, 3.05) is 11.9 Å². The van der Waals surface area contributed by atoms with Crippen molar-refractivity contribution in [2.24, 2.45) is 7.05 Å². The molecule has 0 spiro atoms. The molecule has 0 aliphatic carbocycles. The standard InChI is InChI=1S/C18H20N6O5S2/c1-3-12-4-6-13(7-5-12)21-17(26)18-23-22-15(30-18)11-29-16(25)9-20-31(27,28)14-8-19-24(2)10-14/h4-8,10,20H,3,9,11H2,1-2H3,(H,21,26). The maximum absolute atomic E-state index is 12.3. The fraction of sp³-hybridized carbons (Fsp3) is 0.278. The van der Waals surface area contributed by atoms with Crippen molar-refractivity contribution in [3.63, 3.8) is 0 Å². The van der Waals surface area contributed by atoms with Crippen LogP contribution < -0.4 is 10.0 Å². The minimum Gasteiger partial charge on any atom is -0.457 e. The van der Waals surface area contributed by atoms with Crippen molar-refractivity contribution >= 4 is 38.9 Å². The molecule has 11 nitrogen and oxygen atoms in total. The highest BCUT2D eigenvalue weighted by Gasteiger charge is 2.19. The molecule has 0 atom stereocenters. The second kappa shape index (κ2) is 9.76. The zero-order valence-corrected chi connectivity index (χ0v) is 18.4. The predicted molar refractivity (Wildman–Crippen MR) is 112 cm³/mol. The molecule has 0 aliphatic heterocycles. The van der Waals surface area contributed by atoms with Crippen LogP contribution >= 0.6 is 11.3 Å². The first-order valence-corrected chi connectivity index (χ1v) is 11.4. The highest BCUT2D eigenvalue weighted by Crippen LogP contribution is 2.15. The Hall–Kier alpha value is -3.16. The first-order chi connectivity index (χ1) is 14.8. The SMILES string of the molecule is CCc1ccc(NC(=O)c2nnc(COC(=O)CNS(=O)(=O)c3cnn(C)c3)s2)cc1. The smallest absolute Gasteiger partial charge is 0.321 e. The Morgan fingerprint density at radius 3 is 2.58 bits per heavy atom. The van der Waals surface area contributed by atoms with Gasteiger partial charge in [0, 0.05) is 18.9 Å². The van der Waals surface area contributed by atoms with E-state index in [1.807, 2.05) is 19.1 Å². The molecule has 3 aromatic rings. The Morgan fingerprint density at radius 2 is 1.94 bits per heavy atom. The third-order valence-corrected chi connectivity index (χ3v) is 6.29. The lowest BCUT2D eigenvalue weighted by Crippen LogP contribution is -2.30. The maximum Gasteiger partial charge on any atom is 0.321 e. The minimum atomic E-state index is -3.87. The van der Waals surface area contributed by atoms with E-state index in [2.05, 4.69) is 25.3 Å². The third-order valence-electron chi connectivity index (χ3n) is 4.04. The number of nitrogens with one attached hydrogen (secondary N) is 2. The highest BCUT2D eigenvalue weighted by molar-refractivity contribution is 7.89. The number of hydrogen-bond acceptors (Lipinski definition) is 9. The molecule has 0 bridgehead atoms. The third kappa shape index (κ3) is 6.16. The Balaban J connectivity index is 1.47. The Kier molecular flexibility index (Phi) is 7.09. The zero-order chi connectivity index (χ0) is 22.4. The van der Waals surface area contributed by atoms with E-state index in [1.165, 1.54) is 17.1 Å². The normalized spacial score (nSPS) is 11.3. The number of ether oxygens (including phenoxy) is 1. The van der Waals surface area contributed by atoms with Gasteiger partial charge in [0.1, 0.15) is 18.0 Å². The molecule has 2 heterocycles. The van der Waals surface area contributed by atoms with Gasteiger partial charge in [0.2, 0.25) is 15.0 Å². The van der Waals surface area contributed by atoms with Crippen LogP contribution in [-0.4, -0.2) is 46.8 Å². The molecule has 0 fully saturated rings. The summed E-state index contributed by atoms with van der Waals surface area (Å²) in [5.74, 6) is -1.23. The summed E-state index contributed by atoms with van der Waals surface area (Å²) < 4.78 is 32.6. The summed E-state index contributed by atoms with van der Waals surface area (Å²) >= 11 is 0.972. The van der Waals surface area contributed by atoms with Crippen LogP contribution in [0.15, 0.2) is 41.6 Å². The number of carbonyl (C=O) groups excluding carboxylic acids is 2. The number of carbonyl (C=O) groups is 2. The lowest BCUT2D eigenvalue weighted by molar-refractivity contribution is -0.143. The van der Waals surface area contributed by atoms with Crippen LogP contribution in [0.4, 0.5) is 5.69 Å². The van der Waals surface area contributed by atoms with Crippen LogP contribution in [-0.2, 0) is 39.6 Å². The largest absolute Gasteiger partial charge is 0.457 e. The lowest BCUT2D eigenvalue weighted by Gasteiger charge is -2.04. The molecule has 3 rings (SSSR count). The molecule has 1 aromatic carbocycles. The molecular formula is C18H20N6O5S2. The van der Waals surface area contributed by atoms with Crippen LogP contribution in [0.2, 0.25) is 0 Å². The quantitative estimate of drug-likeness (QED) is 0.448. The van der Waals surface area contributed by atoms with Crippen LogP contribution in [0, 0.1) is 0 Å². The van der Waals surface area contributed by atoms with Crippen molar-refractivity contribution in [2.45, 2.75) is 24.8 Å². The van der Waals surface area contributed by atoms with E-state index < -0.39 is 28.4 Å². The highest BCUT2D eigenvalue weighted by atomic mass is 32.2. The lowest BCUT2D eigenvalue weighted by atomic mass is 10.1. The second-order valence-electron chi connectivity index (χ2n) is 6.34. The second-order valence-corrected chi connectivity index (χ2v) is 9.17. The van der Waals surface area contributed by atoms with Crippen molar-refractivity contribution in [1.82, 2.24) is 24.7 Å². The van der Waals surface area contributed by atoms with E-state index >= 15 is 0 Å². The van der Waals surface area contributed by atoms with E-state index in [-0.39, 0.29) is 16.5 Å². The minimum absolute atomic E-state index is 0.0630. The summed E-state index contributed by atoms with van der Waals surface area (Å²) in [6, 6.07) is 7.44. The average molecular weight is 465 g/mol. The summed E-state index contributed by atoms with van der Waals surface area (Å²) in [5.41, 5.74) is 1.78. The molecule has 13 heteroatoms. The monoisotopic (exact) mass is 464 g/mol. The Bertz CT molecular complexity index is 1170. The molecule has 2 N–H and O–H groups in total. The number of anilines is 1. The van der Waals surface area contributed by atoms with Crippen LogP contribution in [0.5, 0.6) is 0 Å². The molecule has 0 unspecified atom stereocenters. The van der Waals surface area contributed by atoms with Gasteiger partial charge in [-0.1, -0.05) is 30.4 Å². The van der Waals surface area contributed by atoms with E-state index in [9.17, 15) is 18.0 Å². The number of amides is 1. The first kappa shape index (κ1) is 22.5. The molecular weight excluding hydrogens is 444 g/mol. The van der Waals surface area contributed by atoms with Gasteiger partial charge in [0.25, 0.3) is 5.91 Å². The van der Waals surface area contributed by atoms with E-state index in [0.29, 0.717) is 10.7 Å². The summed E-state index contributed by atoms with van der Waals surface area (Å²) in [7, 11) is -2.30. The number of nitrogens with zero attached hydrogens (tertiary/aromatic N) is 4. The van der Waals surface area contributed by atoms with Crippen molar-refractivity contribution < 1.29 is 22.7 Å². The topological polar surface area (TPSA) is 145 Å². The number of esters is 1. The van der Waals surface area contributed by atoms with E-state index in [4.69, 9.17) is 4.74 Å². The van der Waals surface area contributed by atoms with E-state index in [0.717, 1.165) is 23.3 Å². The van der Waals surface area contributed by atoms with Crippen molar-refractivity contribution in [3.05, 3.63) is 52.2 Å². The molecule has 31 heavy (non-hydrogen) atoms. The average Bonchev–Trinajstić information content (AvgIpc) is 3.41. The number of rotatable bonds is 9. The predicted octanol–water partition coefficient (Wildman–Crippen LogP) is 1.11. The van der Waals surface area contributed by atoms with Gasteiger partial charge in [-0.2, -0.15) is 9.82 Å². The first-order valence-electron chi connectivity index (χ1n) is 9.13. The van der Waals surface area contributed by atoms with Crippen molar-refractivity contribution in [1.29, 1.82) is 0 Å². The Labute approximate surface area is 182 Å². The number of benzene rings is 1. The maximum atomic E-state index is 12.3. The van der Waals surface area contributed by atoms with Gasteiger partial charge >= 0.3 is 5.97 Å². The number of hydrogen-bond donors (Lipinski definition) is 2. The molecule has 0 radical (unpaired) electrons. The molecule has 2 aromatic heterocycles. The van der Waals surface area contributed by atoms with Gasteiger partial charge in [-0.05, 0) is 24.1 Å². The van der Waals surface area contributed by atoms with Crippen molar-refractivity contribution in [3.8, 4) is 0 Å². The fourth-order valence-electron chi connectivity index (χ4n) is 2.38. The molecule has 0 aliphatic rings. The molecule has 0 saturated carbocycles. The summed E-state index contributed by atoms with van der Waals surface area (Å²) in [6.45, 7) is 1.25. The number of aromatic nitrogens is 4. The van der Waals surface area contributed by atoms with Crippen LogP contribution in [0.3, 0.4) is 0 Å². The zero-order valence-electron chi connectivity index (χ0n) is 16.7. The molecule has 164 valence electrons. The van der Waals surface area contributed by atoms with Crippen LogP contribution in [0.25, 0.3) is 0 Å². The van der Waals surface area contributed by atoms with Gasteiger partial charge in [-0.15, -0.1) is 10.2 Å². The molecule has 0 saturated heterocycles. The van der Waals surface area contributed by atoms with E-state index in [1.54, 1.807) is 19.2 Å².